The minimum Gasteiger partial charge on any atom is -0.364 e. The average Bonchev–Trinajstić information content (AvgIpc) is 3.13. The Morgan fingerprint density at radius 2 is 2.13 bits per heavy atom. The Bertz CT molecular complexity index is 945. The number of rotatable bonds is 7. The highest BCUT2D eigenvalue weighted by atomic mass is 32.1. The van der Waals surface area contributed by atoms with Crippen molar-refractivity contribution in [3.63, 3.8) is 0 Å². The topological polar surface area (TPSA) is 126 Å². The molecule has 3 rings (SSSR count). The van der Waals surface area contributed by atoms with Gasteiger partial charge in [-0.1, -0.05) is 13.5 Å². The van der Waals surface area contributed by atoms with Gasteiger partial charge in [0.15, 0.2) is 11.5 Å². The van der Waals surface area contributed by atoms with Crippen LogP contribution in [0, 0.1) is 12.8 Å². The van der Waals surface area contributed by atoms with Crippen LogP contribution in [0.4, 0.5) is 16.8 Å². The monoisotopic (exact) mass is 429 g/mol. The van der Waals surface area contributed by atoms with Crippen LogP contribution < -0.4 is 21.3 Å². The number of primary amides is 1. The lowest BCUT2D eigenvalue weighted by molar-refractivity contribution is -0.117. The number of aromatic nitrogens is 3. The van der Waals surface area contributed by atoms with E-state index in [2.05, 4.69) is 39.3 Å². The smallest absolute Gasteiger partial charge is 0.273 e. The fraction of sp³-hybridized carbons (Fsp3) is 0.450. The van der Waals surface area contributed by atoms with Gasteiger partial charge in [-0.3, -0.25) is 9.59 Å². The van der Waals surface area contributed by atoms with Gasteiger partial charge in [0.05, 0.1) is 5.00 Å². The van der Waals surface area contributed by atoms with E-state index < -0.39 is 5.91 Å². The van der Waals surface area contributed by atoms with Crippen molar-refractivity contribution in [2.24, 2.45) is 11.7 Å². The molecule has 2 aromatic heterocycles. The normalized spacial score (nSPS) is 21.0. The molecule has 9 nitrogen and oxygen atoms in total. The zero-order chi connectivity index (χ0) is 21.8. The van der Waals surface area contributed by atoms with Gasteiger partial charge in [-0.25, -0.2) is 0 Å². The summed E-state index contributed by atoms with van der Waals surface area (Å²) in [5.74, 6) is -0.0252. The number of hydrogen-bond acceptors (Lipinski definition) is 8. The lowest BCUT2D eigenvalue weighted by atomic mass is 9.81. The zero-order valence-corrected chi connectivity index (χ0v) is 18.2. The van der Waals surface area contributed by atoms with Crippen molar-refractivity contribution in [2.75, 3.05) is 17.3 Å². The zero-order valence-electron chi connectivity index (χ0n) is 17.4. The molecule has 3 atom stereocenters. The van der Waals surface area contributed by atoms with E-state index in [0.717, 1.165) is 29.8 Å². The van der Waals surface area contributed by atoms with Crippen LogP contribution in [0.5, 0.6) is 0 Å². The fourth-order valence-electron chi connectivity index (χ4n) is 3.81. The lowest BCUT2D eigenvalue weighted by Crippen LogP contribution is -2.51. The van der Waals surface area contributed by atoms with Crippen LogP contribution in [0.3, 0.4) is 0 Å². The number of hydrogen-bond donors (Lipinski definition) is 3. The Kier molecular flexibility index (Phi) is 6.66. The predicted octanol–water partition coefficient (Wildman–Crippen LogP) is 2.38. The summed E-state index contributed by atoms with van der Waals surface area (Å²) in [6, 6.07) is 2.10. The molecule has 0 aromatic carbocycles. The third-order valence-corrected chi connectivity index (χ3v) is 6.43. The first-order valence-electron chi connectivity index (χ1n) is 9.82. The average molecular weight is 430 g/mol. The minimum absolute atomic E-state index is 0.00832. The maximum absolute atomic E-state index is 11.8. The van der Waals surface area contributed by atoms with Crippen molar-refractivity contribution in [1.82, 2.24) is 20.5 Å². The molecule has 1 aliphatic carbocycles. The third-order valence-electron chi connectivity index (χ3n) is 5.46. The number of nitrogens with one attached hydrogen (secondary N) is 2. The summed E-state index contributed by atoms with van der Waals surface area (Å²) in [5.41, 5.74) is 6.56. The van der Waals surface area contributed by atoms with Crippen LogP contribution >= 0.6 is 11.3 Å². The van der Waals surface area contributed by atoms with E-state index in [-0.39, 0.29) is 35.4 Å². The van der Waals surface area contributed by atoms with Gasteiger partial charge in [0.1, 0.15) is 0 Å². The number of carbonyl (C=O) groups is 2. The highest BCUT2D eigenvalue weighted by Gasteiger charge is 2.34. The Hall–Kier alpha value is -3.01. The molecule has 4 N–H and O–H groups in total. The van der Waals surface area contributed by atoms with Crippen LogP contribution in [0.25, 0.3) is 0 Å². The molecule has 0 aliphatic heterocycles. The number of nitrogens with two attached hydrogens (primary N) is 1. The van der Waals surface area contributed by atoms with Gasteiger partial charge in [-0.05, 0) is 55.2 Å². The maximum Gasteiger partial charge on any atom is 0.273 e. The molecule has 2 heterocycles. The van der Waals surface area contributed by atoms with Crippen LogP contribution in [0.15, 0.2) is 24.1 Å². The molecule has 10 heteroatoms. The molecule has 2 amide bonds. The molecule has 160 valence electrons. The molecule has 1 saturated carbocycles. The third kappa shape index (κ3) is 4.76. The van der Waals surface area contributed by atoms with E-state index >= 15 is 0 Å². The van der Waals surface area contributed by atoms with Crippen LogP contribution in [0.1, 0.15) is 42.2 Å². The Labute approximate surface area is 179 Å². The number of carbonyl (C=O) groups excluding carboxylic acids is 2. The van der Waals surface area contributed by atoms with Crippen molar-refractivity contribution in [1.29, 1.82) is 0 Å². The van der Waals surface area contributed by atoms with Crippen molar-refractivity contribution < 1.29 is 9.59 Å². The van der Waals surface area contributed by atoms with Gasteiger partial charge >= 0.3 is 0 Å². The first kappa shape index (κ1) is 21.7. The van der Waals surface area contributed by atoms with Gasteiger partial charge in [0.2, 0.25) is 11.9 Å². The first-order chi connectivity index (χ1) is 14.3. The summed E-state index contributed by atoms with van der Waals surface area (Å²) < 4.78 is 0. The molecule has 1 fully saturated rings. The molecule has 1 aliphatic rings. The maximum atomic E-state index is 11.8. The minimum atomic E-state index is -0.696. The molecule has 30 heavy (non-hydrogen) atoms. The van der Waals surface area contributed by atoms with E-state index in [9.17, 15) is 9.59 Å². The first-order valence-corrected chi connectivity index (χ1v) is 10.7. The number of aryl methyl sites for hydroxylation is 1. The molecule has 2 aromatic rings. The number of thiophene rings is 1. The summed E-state index contributed by atoms with van der Waals surface area (Å²) >= 11 is 1.50. The molecule has 0 spiro atoms. The van der Waals surface area contributed by atoms with Crippen molar-refractivity contribution in [3.05, 3.63) is 35.4 Å². The molecule has 0 bridgehead atoms. The Morgan fingerprint density at radius 1 is 1.37 bits per heavy atom. The van der Waals surface area contributed by atoms with Crippen LogP contribution in [0.2, 0.25) is 0 Å². The fourth-order valence-corrected chi connectivity index (χ4v) is 4.60. The van der Waals surface area contributed by atoms with Crippen molar-refractivity contribution in [3.8, 4) is 0 Å². The van der Waals surface area contributed by atoms with Gasteiger partial charge in [0, 0.05) is 19.1 Å². The molecule has 1 unspecified atom stereocenters. The van der Waals surface area contributed by atoms with Crippen molar-refractivity contribution in [2.45, 2.75) is 45.2 Å². The van der Waals surface area contributed by atoms with E-state index in [1.165, 1.54) is 17.4 Å². The molecular weight excluding hydrogens is 402 g/mol. The highest BCUT2D eigenvalue weighted by molar-refractivity contribution is 7.14. The molecular formula is C20H27N7O2S. The lowest BCUT2D eigenvalue weighted by Gasteiger charge is -2.41. The van der Waals surface area contributed by atoms with E-state index in [1.807, 2.05) is 30.3 Å². The summed E-state index contributed by atoms with van der Waals surface area (Å²) in [7, 11) is 1.90. The van der Waals surface area contributed by atoms with E-state index in [4.69, 9.17) is 5.73 Å². The quantitative estimate of drug-likeness (QED) is 0.577. The van der Waals surface area contributed by atoms with Crippen molar-refractivity contribution >= 4 is 39.9 Å². The summed E-state index contributed by atoms with van der Waals surface area (Å²) in [6.45, 7) is 7.62. The largest absolute Gasteiger partial charge is 0.364 e. The highest BCUT2D eigenvalue weighted by Crippen LogP contribution is 2.31. The second kappa shape index (κ2) is 9.21. The predicted molar refractivity (Wildman–Crippen MR) is 118 cm³/mol. The summed E-state index contributed by atoms with van der Waals surface area (Å²) in [4.78, 5) is 30.1. The number of anilines is 3. The molecule has 0 radical (unpaired) electrons. The number of amides is 2. The summed E-state index contributed by atoms with van der Waals surface area (Å²) in [5, 5.41) is 17.2. The summed E-state index contributed by atoms with van der Waals surface area (Å²) in [6.07, 6.45) is 4.11. The molecule has 0 saturated heterocycles. The van der Waals surface area contributed by atoms with Gasteiger partial charge in [-0.2, -0.15) is 4.98 Å². The van der Waals surface area contributed by atoms with E-state index in [1.54, 1.807) is 0 Å². The van der Waals surface area contributed by atoms with Crippen LogP contribution in [-0.4, -0.2) is 46.1 Å². The Morgan fingerprint density at radius 3 is 2.77 bits per heavy atom. The second-order valence-corrected chi connectivity index (χ2v) is 8.49. The van der Waals surface area contributed by atoms with Gasteiger partial charge in [0.25, 0.3) is 5.91 Å². The SMILES string of the molecule is C=CC(=O)NC1CCC[C@@H](N(C)c2nnc(C(N)=O)c(Nc3cc(C)cs3)n2)[C@H]1C. The Balaban J connectivity index is 1.85. The van der Waals surface area contributed by atoms with E-state index in [0.29, 0.717) is 5.95 Å². The van der Waals surface area contributed by atoms with Crippen LogP contribution in [-0.2, 0) is 4.79 Å². The van der Waals surface area contributed by atoms with Gasteiger partial charge < -0.3 is 21.3 Å². The second-order valence-electron chi connectivity index (χ2n) is 7.57. The standard InChI is InChI=1S/C20H27N7O2S/c1-5-15(28)22-13-7-6-8-14(12(13)3)27(4)20-24-19(17(18(21)29)25-26-20)23-16-9-11(2)10-30-16/h5,9-10,12-14H,1,6-8H2,2-4H3,(H2,21,29)(H,22,28)(H,23,24,26)/t12-,13?,14+/m0/s1. The van der Waals surface area contributed by atoms with Gasteiger partial charge in [-0.15, -0.1) is 21.5 Å². The number of nitrogens with zero attached hydrogens (tertiary/aromatic N) is 4.